The molecule has 0 aromatic carbocycles. The monoisotopic (exact) mass is 207 g/mol. The molecule has 2 unspecified atom stereocenters. The Morgan fingerprint density at radius 1 is 1.31 bits per heavy atom. The van der Waals surface area contributed by atoms with Crippen LogP contribution in [0, 0.1) is 5.92 Å². The van der Waals surface area contributed by atoms with Crippen LogP contribution in [0.5, 0.6) is 0 Å². The molecule has 0 amide bonds. The van der Waals surface area contributed by atoms with Crippen LogP contribution in [-0.2, 0) is 9.84 Å². The highest BCUT2D eigenvalue weighted by Crippen LogP contribution is 2.09. The standard InChI is InChI=1S/C9H21NO2S/c1-5-13(11,12)7-6-8(2)9(3)10-4/h8-10H,5-7H2,1-4H3. The molecule has 0 fully saturated rings. The molecule has 0 aromatic rings. The summed E-state index contributed by atoms with van der Waals surface area (Å²) < 4.78 is 22.4. The lowest BCUT2D eigenvalue weighted by atomic mass is 10.0. The Balaban J connectivity index is 3.90. The van der Waals surface area contributed by atoms with Crippen LogP contribution in [0.2, 0.25) is 0 Å². The average molecular weight is 207 g/mol. The van der Waals surface area contributed by atoms with Crippen molar-refractivity contribution in [2.24, 2.45) is 5.92 Å². The minimum atomic E-state index is -2.78. The molecule has 0 aromatic heterocycles. The lowest BCUT2D eigenvalue weighted by molar-refractivity contribution is 0.414. The molecule has 0 aliphatic carbocycles. The zero-order chi connectivity index (χ0) is 10.5. The molecule has 0 radical (unpaired) electrons. The maximum absolute atomic E-state index is 11.2. The molecule has 0 heterocycles. The summed E-state index contributed by atoms with van der Waals surface area (Å²) in [4.78, 5) is 0. The Bertz CT molecular complexity index is 224. The van der Waals surface area contributed by atoms with Gasteiger partial charge in [-0.05, 0) is 26.3 Å². The van der Waals surface area contributed by atoms with E-state index >= 15 is 0 Å². The summed E-state index contributed by atoms with van der Waals surface area (Å²) in [5.41, 5.74) is 0. The van der Waals surface area contributed by atoms with Crippen LogP contribution in [0.25, 0.3) is 0 Å². The Morgan fingerprint density at radius 3 is 2.23 bits per heavy atom. The lowest BCUT2D eigenvalue weighted by Crippen LogP contribution is -2.30. The summed E-state index contributed by atoms with van der Waals surface area (Å²) in [7, 11) is -0.886. The summed E-state index contributed by atoms with van der Waals surface area (Å²) in [6.45, 7) is 5.84. The number of rotatable bonds is 6. The third-order valence-corrected chi connectivity index (χ3v) is 4.37. The Morgan fingerprint density at radius 2 is 1.85 bits per heavy atom. The summed E-state index contributed by atoms with van der Waals surface area (Å²) in [5, 5.41) is 3.12. The van der Waals surface area contributed by atoms with E-state index in [1.54, 1.807) is 6.92 Å². The van der Waals surface area contributed by atoms with Crippen LogP contribution in [0.15, 0.2) is 0 Å². The van der Waals surface area contributed by atoms with Gasteiger partial charge in [0.2, 0.25) is 0 Å². The van der Waals surface area contributed by atoms with E-state index < -0.39 is 9.84 Å². The van der Waals surface area contributed by atoms with Gasteiger partial charge in [-0.25, -0.2) is 8.42 Å². The first kappa shape index (κ1) is 12.9. The Labute approximate surface area is 81.8 Å². The quantitative estimate of drug-likeness (QED) is 0.708. The Hall–Kier alpha value is -0.0900. The van der Waals surface area contributed by atoms with E-state index in [4.69, 9.17) is 0 Å². The highest BCUT2D eigenvalue weighted by Gasteiger charge is 2.14. The SMILES string of the molecule is CCS(=O)(=O)CCC(C)C(C)NC. The van der Waals surface area contributed by atoms with Crippen LogP contribution < -0.4 is 5.32 Å². The minimum absolute atomic E-state index is 0.258. The van der Waals surface area contributed by atoms with Crippen molar-refractivity contribution >= 4 is 9.84 Å². The van der Waals surface area contributed by atoms with Gasteiger partial charge < -0.3 is 5.32 Å². The van der Waals surface area contributed by atoms with E-state index in [0.29, 0.717) is 17.7 Å². The number of hydrogen-bond acceptors (Lipinski definition) is 3. The van der Waals surface area contributed by atoms with E-state index in [0.717, 1.165) is 6.42 Å². The first-order valence-corrected chi connectivity index (χ1v) is 6.62. The first-order valence-electron chi connectivity index (χ1n) is 4.80. The third-order valence-electron chi connectivity index (χ3n) is 2.63. The second-order valence-corrected chi connectivity index (χ2v) is 6.05. The summed E-state index contributed by atoms with van der Waals surface area (Å²) in [6, 6.07) is 0.382. The summed E-state index contributed by atoms with van der Waals surface area (Å²) in [5.74, 6) is 0.982. The van der Waals surface area contributed by atoms with E-state index in [1.807, 2.05) is 7.05 Å². The molecular formula is C9H21NO2S. The van der Waals surface area contributed by atoms with Crippen LogP contribution in [-0.4, -0.2) is 33.0 Å². The second-order valence-electron chi connectivity index (χ2n) is 3.58. The van der Waals surface area contributed by atoms with E-state index in [-0.39, 0.29) is 5.75 Å². The number of sulfone groups is 1. The van der Waals surface area contributed by atoms with Gasteiger partial charge in [-0.15, -0.1) is 0 Å². The summed E-state index contributed by atoms with van der Waals surface area (Å²) in [6.07, 6.45) is 0.748. The molecule has 3 nitrogen and oxygen atoms in total. The van der Waals surface area contributed by atoms with Crippen LogP contribution in [0.3, 0.4) is 0 Å². The molecule has 13 heavy (non-hydrogen) atoms. The van der Waals surface area contributed by atoms with Crippen LogP contribution >= 0.6 is 0 Å². The molecule has 0 aliphatic heterocycles. The normalized spacial score (nSPS) is 16.9. The fraction of sp³-hybridized carbons (Fsp3) is 1.00. The third kappa shape index (κ3) is 5.26. The van der Waals surface area contributed by atoms with E-state index in [9.17, 15) is 8.42 Å². The van der Waals surface area contributed by atoms with Gasteiger partial charge in [-0.2, -0.15) is 0 Å². The molecule has 2 atom stereocenters. The van der Waals surface area contributed by atoms with Crippen molar-refractivity contribution in [2.45, 2.75) is 33.2 Å². The van der Waals surface area contributed by atoms with Crippen LogP contribution in [0.1, 0.15) is 27.2 Å². The molecule has 0 rings (SSSR count). The van der Waals surface area contributed by atoms with E-state index in [2.05, 4.69) is 19.2 Å². The van der Waals surface area contributed by atoms with Crippen molar-refractivity contribution in [3.63, 3.8) is 0 Å². The number of hydrogen-bond donors (Lipinski definition) is 1. The molecule has 0 bridgehead atoms. The van der Waals surface area contributed by atoms with Gasteiger partial charge in [-0.1, -0.05) is 13.8 Å². The van der Waals surface area contributed by atoms with E-state index in [1.165, 1.54) is 0 Å². The maximum atomic E-state index is 11.2. The van der Waals surface area contributed by atoms with Gasteiger partial charge in [0, 0.05) is 11.8 Å². The van der Waals surface area contributed by atoms with Gasteiger partial charge in [0.25, 0.3) is 0 Å². The fourth-order valence-electron chi connectivity index (χ4n) is 1.04. The van der Waals surface area contributed by atoms with Crippen molar-refractivity contribution in [3.8, 4) is 0 Å². The Kier molecular flexibility index (Phi) is 5.56. The van der Waals surface area contributed by atoms with Crippen LogP contribution in [0.4, 0.5) is 0 Å². The van der Waals surface area contributed by atoms with Crippen molar-refractivity contribution in [3.05, 3.63) is 0 Å². The van der Waals surface area contributed by atoms with Gasteiger partial charge in [0.05, 0.1) is 5.75 Å². The molecule has 0 saturated carbocycles. The predicted molar refractivity (Wildman–Crippen MR) is 56.6 cm³/mol. The molecule has 1 N–H and O–H groups in total. The molecular weight excluding hydrogens is 186 g/mol. The van der Waals surface area contributed by atoms with Crippen molar-refractivity contribution in [1.82, 2.24) is 5.32 Å². The smallest absolute Gasteiger partial charge is 0.150 e. The topological polar surface area (TPSA) is 46.2 Å². The second kappa shape index (κ2) is 5.60. The minimum Gasteiger partial charge on any atom is -0.317 e. The lowest BCUT2D eigenvalue weighted by Gasteiger charge is -2.18. The largest absolute Gasteiger partial charge is 0.317 e. The maximum Gasteiger partial charge on any atom is 0.150 e. The van der Waals surface area contributed by atoms with Crippen molar-refractivity contribution in [2.75, 3.05) is 18.6 Å². The highest BCUT2D eigenvalue weighted by molar-refractivity contribution is 7.91. The van der Waals surface area contributed by atoms with Gasteiger partial charge in [0.1, 0.15) is 9.84 Å². The van der Waals surface area contributed by atoms with Gasteiger partial charge >= 0.3 is 0 Å². The zero-order valence-corrected chi connectivity index (χ0v) is 9.82. The highest BCUT2D eigenvalue weighted by atomic mass is 32.2. The molecule has 0 aliphatic rings. The number of nitrogens with one attached hydrogen (secondary N) is 1. The van der Waals surface area contributed by atoms with Crippen molar-refractivity contribution in [1.29, 1.82) is 0 Å². The van der Waals surface area contributed by atoms with Gasteiger partial charge in [0.15, 0.2) is 0 Å². The van der Waals surface area contributed by atoms with Crippen molar-refractivity contribution < 1.29 is 8.42 Å². The molecule has 4 heteroatoms. The fourth-order valence-corrected chi connectivity index (χ4v) is 2.06. The molecule has 80 valence electrons. The van der Waals surface area contributed by atoms with Gasteiger partial charge in [-0.3, -0.25) is 0 Å². The predicted octanol–water partition coefficient (Wildman–Crippen LogP) is 1.06. The molecule has 0 saturated heterocycles. The first-order chi connectivity index (χ1) is 5.93. The zero-order valence-electron chi connectivity index (χ0n) is 9.00. The molecule has 0 spiro atoms. The average Bonchev–Trinajstić information content (AvgIpc) is 2.13. The summed E-state index contributed by atoms with van der Waals surface area (Å²) >= 11 is 0.